The largest absolute Gasteiger partial charge is 0.391 e. The number of anilines is 3. The molecule has 3 aromatic rings. The second-order valence-corrected chi connectivity index (χ2v) is 10.6. The predicted octanol–water partition coefficient (Wildman–Crippen LogP) is 4.68. The molecule has 194 valence electrons. The van der Waals surface area contributed by atoms with Crippen LogP contribution in [0.1, 0.15) is 63.0 Å². The average molecular weight is 543 g/mol. The van der Waals surface area contributed by atoms with Gasteiger partial charge in [0.25, 0.3) is 0 Å². The molecule has 2 aromatic heterocycles. The van der Waals surface area contributed by atoms with Crippen molar-refractivity contribution in [2.45, 2.75) is 69.6 Å². The van der Waals surface area contributed by atoms with Gasteiger partial charge in [0.2, 0.25) is 17.8 Å². The minimum absolute atomic E-state index is 0.00190. The topological polar surface area (TPSA) is 155 Å². The highest BCUT2D eigenvalue weighted by Gasteiger charge is 2.30. The second-order valence-electron chi connectivity index (χ2n) is 9.77. The van der Waals surface area contributed by atoms with E-state index < -0.39 is 6.10 Å². The van der Waals surface area contributed by atoms with Crippen LogP contribution in [0.3, 0.4) is 0 Å². The molecular weight excluding hydrogens is 515 g/mol. The number of nitrogens with zero attached hydrogens (tertiary/aromatic N) is 5. The summed E-state index contributed by atoms with van der Waals surface area (Å²) in [6, 6.07) is 5.01. The number of imidazole rings is 1. The molecule has 2 aliphatic carbocycles. The van der Waals surface area contributed by atoms with Crippen LogP contribution in [0.4, 0.5) is 17.6 Å². The van der Waals surface area contributed by atoms with Gasteiger partial charge in [0, 0.05) is 12.0 Å². The molecule has 12 heteroatoms. The molecule has 5 N–H and O–H groups in total. The Kier molecular flexibility index (Phi) is 7.38. The summed E-state index contributed by atoms with van der Waals surface area (Å²) in [5.74, 6) is 0.481. The van der Waals surface area contributed by atoms with Crippen LogP contribution in [0.2, 0.25) is 10.0 Å². The molecule has 10 nitrogen and oxygen atoms in total. The van der Waals surface area contributed by atoms with E-state index in [0.717, 1.165) is 38.5 Å². The summed E-state index contributed by atoms with van der Waals surface area (Å²) >= 11 is 12.9. The summed E-state index contributed by atoms with van der Waals surface area (Å²) in [7, 11) is 0. The van der Waals surface area contributed by atoms with E-state index >= 15 is 0 Å². The molecule has 1 aromatic carbocycles. The minimum Gasteiger partial charge on any atom is -0.391 e. The Morgan fingerprint density at radius 3 is 2.46 bits per heavy atom. The number of carbonyl (C=O) groups is 1. The van der Waals surface area contributed by atoms with E-state index in [4.69, 9.17) is 38.9 Å². The summed E-state index contributed by atoms with van der Waals surface area (Å²) in [6.07, 6.45) is 7.63. The van der Waals surface area contributed by atoms with Crippen molar-refractivity contribution in [3.05, 3.63) is 33.9 Å². The molecule has 0 spiro atoms. The van der Waals surface area contributed by atoms with E-state index in [1.807, 2.05) is 10.6 Å². The molecule has 0 aliphatic heterocycles. The van der Waals surface area contributed by atoms with Gasteiger partial charge in [-0.1, -0.05) is 36.0 Å². The molecule has 2 atom stereocenters. The van der Waals surface area contributed by atoms with Gasteiger partial charge in [0.15, 0.2) is 5.65 Å². The van der Waals surface area contributed by atoms with Gasteiger partial charge in [0.05, 0.1) is 45.7 Å². The lowest BCUT2D eigenvalue weighted by Gasteiger charge is -2.29. The number of amides is 1. The summed E-state index contributed by atoms with van der Waals surface area (Å²) < 4.78 is 2.00. The maximum atomic E-state index is 11.7. The third-order valence-corrected chi connectivity index (χ3v) is 7.95. The quantitative estimate of drug-likeness (QED) is 0.349. The Hall–Kier alpha value is -3.13. The van der Waals surface area contributed by atoms with Gasteiger partial charge in [-0.2, -0.15) is 10.2 Å². The number of hydrogen-bond acceptors (Lipinski definition) is 8. The number of nitrogens with two attached hydrogens (primary N) is 1. The number of aromatic nitrogens is 4. The average Bonchev–Trinajstić information content (AvgIpc) is 3.24. The first-order chi connectivity index (χ1) is 17.8. The molecule has 0 saturated heterocycles. The van der Waals surface area contributed by atoms with Gasteiger partial charge < -0.3 is 21.5 Å². The van der Waals surface area contributed by atoms with Crippen molar-refractivity contribution in [1.29, 1.82) is 5.26 Å². The zero-order chi connectivity index (χ0) is 26.1. The number of aliphatic hydroxyl groups is 1. The van der Waals surface area contributed by atoms with Gasteiger partial charge in [-0.05, 0) is 50.7 Å². The molecule has 2 fully saturated rings. The molecule has 0 bridgehead atoms. The summed E-state index contributed by atoms with van der Waals surface area (Å²) in [4.78, 5) is 25.7. The lowest BCUT2D eigenvalue weighted by Crippen LogP contribution is -2.36. The van der Waals surface area contributed by atoms with E-state index in [-0.39, 0.29) is 23.9 Å². The Morgan fingerprint density at radius 2 is 1.81 bits per heavy atom. The van der Waals surface area contributed by atoms with E-state index in [2.05, 4.69) is 15.6 Å². The van der Waals surface area contributed by atoms with Crippen molar-refractivity contribution < 1.29 is 9.90 Å². The molecule has 37 heavy (non-hydrogen) atoms. The van der Waals surface area contributed by atoms with Gasteiger partial charge in [0.1, 0.15) is 5.52 Å². The van der Waals surface area contributed by atoms with Crippen molar-refractivity contribution >= 4 is 57.9 Å². The number of carbonyl (C=O) groups excluding carboxylic acids is 1. The maximum Gasteiger partial charge on any atom is 0.225 e. The number of nitrogens with one attached hydrogen (secondary N) is 2. The molecular formula is C25H28Cl2N8O2. The van der Waals surface area contributed by atoms with Gasteiger partial charge in [-0.3, -0.25) is 9.36 Å². The zero-order valence-electron chi connectivity index (χ0n) is 20.1. The number of primary amides is 1. The lowest BCUT2D eigenvalue weighted by atomic mass is 9.85. The van der Waals surface area contributed by atoms with Crippen molar-refractivity contribution in [3.63, 3.8) is 0 Å². The van der Waals surface area contributed by atoms with Crippen LogP contribution in [0.25, 0.3) is 11.2 Å². The number of fused-ring (bicyclic) bond motifs is 1. The van der Waals surface area contributed by atoms with Crippen LogP contribution in [-0.4, -0.2) is 42.7 Å². The monoisotopic (exact) mass is 542 g/mol. The third kappa shape index (κ3) is 5.30. The summed E-state index contributed by atoms with van der Waals surface area (Å²) in [5.41, 5.74) is 7.54. The maximum absolute atomic E-state index is 11.7. The molecule has 2 heterocycles. The lowest BCUT2D eigenvalue weighted by molar-refractivity contribution is -0.122. The molecule has 0 radical (unpaired) electrons. The van der Waals surface area contributed by atoms with Crippen molar-refractivity contribution in [2.24, 2.45) is 11.7 Å². The first-order valence-corrected chi connectivity index (χ1v) is 13.2. The molecule has 5 rings (SSSR count). The zero-order valence-corrected chi connectivity index (χ0v) is 21.6. The van der Waals surface area contributed by atoms with Crippen molar-refractivity contribution in [2.75, 3.05) is 10.6 Å². The molecule has 1 amide bonds. The Bertz CT molecular complexity index is 1340. The Labute approximate surface area is 224 Å². The van der Waals surface area contributed by atoms with Crippen molar-refractivity contribution in [1.82, 2.24) is 19.5 Å². The first kappa shape index (κ1) is 25.5. The van der Waals surface area contributed by atoms with Crippen molar-refractivity contribution in [3.8, 4) is 6.07 Å². The van der Waals surface area contributed by atoms with Gasteiger partial charge >= 0.3 is 0 Å². The highest BCUT2D eigenvalue weighted by atomic mass is 35.5. The smallest absolute Gasteiger partial charge is 0.225 e. The Morgan fingerprint density at radius 1 is 1.11 bits per heavy atom. The number of aliphatic hydroxyl groups excluding tert-OH is 1. The minimum atomic E-state index is -0.445. The van der Waals surface area contributed by atoms with E-state index in [0.29, 0.717) is 57.2 Å². The fraction of sp³-hybridized carbons (Fsp3) is 0.480. The van der Waals surface area contributed by atoms with Crippen LogP contribution in [0, 0.1) is 17.2 Å². The fourth-order valence-electron chi connectivity index (χ4n) is 5.33. The van der Waals surface area contributed by atoms with Gasteiger partial charge in [-0.25, -0.2) is 9.97 Å². The van der Waals surface area contributed by atoms with E-state index in [1.165, 1.54) is 12.1 Å². The van der Waals surface area contributed by atoms with E-state index in [1.54, 1.807) is 6.20 Å². The van der Waals surface area contributed by atoms with Crippen LogP contribution >= 0.6 is 23.2 Å². The highest BCUT2D eigenvalue weighted by molar-refractivity contribution is 6.39. The van der Waals surface area contributed by atoms with Gasteiger partial charge in [-0.15, -0.1) is 0 Å². The predicted molar refractivity (Wildman–Crippen MR) is 142 cm³/mol. The summed E-state index contributed by atoms with van der Waals surface area (Å²) in [6.45, 7) is 0. The normalized spacial score (nSPS) is 23.9. The third-order valence-electron chi connectivity index (χ3n) is 7.35. The molecule has 2 aliphatic rings. The van der Waals surface area contributed by atoms with Crippen LogP contribution in [-0.2, 0) is 4.79 Å². The fourth-order valence-corrected chi connectivity index (χ4v) is 5.91. The highest BCUT2D eigenvalue weighted by Crippen LogP contribution is 2.39. The summed E-state index contributed by atoms with van der Waals surface area (Å²) in [5, 5.41) is 26.8. The second kappa shape index (κ2) is 10.7. The number of rotatable bonds is 6. The number of nitriles is 1. The van der Waals surface area contributed by atoms with Crippen LogP contribution in [0.15, 0.2) is 18.3 Å². The molecule has 2 saturated carbocycles. The number of hydrogen-bond donors (Lipinski definition) is 4. The number of benzene rings is 1. The van der Waals surface area contributed by atoms with Crippen LogP contribution < -0.4 is 16.4 Å². The molecule has 0 unspecified atom stereocenters. The Balaban J connectivity index is 1.53. The number of halogens is 2. The van der Waals surface area contributed by atoms with Crippen LogP contribution in [0.5, 0.6) is 0 Å². The first-order valence-electron chi connectivity index (χ1n) is 12.5. The van der Waals surface area contributed by atoms with E-state index in [9.17, 15) is 15.2 Å². The SMILES string of the molecule is N#Cc1cc(Cl)c(Nc2nc3cnc(N[C@H]4CCCC[C@H]4O)nc3n2[C@H]2CC[C@@H](C(N)=O)CC2)c(Cl)c1. The standard InChI is InChI=1S/C25H28Cl2N8O2/c26-16-9-13(11-28)10-17(27)21(16)33-25-32-19-12-30-24(31-18-3-1-2-4-20(18)36)34-23(19)35(25)15-7-5-14(6-8-15)22(29)37/h9-10,12,14-15,18,20,36H,1-8H2,(H2,29,37)(H,32,33)(H,30,31,34)/t14-,15+,18-,20+/m0/s1.